The van der Waals surface area contributed by atoms with Crippen molar-refractivity contribution in [2.45, 2.75) is 0 Å². The predicted octanol–water partition coefficient (Wildman–Crippen LogP) is 2.72. The molecule has 2 heterocycles. The van der Waals surface area contributed by atoms with Crippen LogP contribution in [0.15, 0.2) is 36.4 Å². The number of thiophene rings is 1. The number of morpholine rings is 1. The van der Waals surface area contributed by atoms with Crippen LogP contribution in [-0.4, -0.2) is 37.0 Å². The average Bonchev–Trinajstić information content (AvgIpc) is 3.05. The van der Waals surface area contributed by atoms with Gasteiger partial charge >= 0.3 is 0 Å². The third-order valence-corrected chi connectivity index (χ3v) is 4.62. The van der Waals surface area contributed by atoms with E-state index in [0.717, 1.165) is 18.1 Å². The van der Waals surface area contributed by atoms with Gasteiger partial charge in [0.25, 0.3) is 5.69 Å². The smallest absolute Gasteiger partial charge is 0.269 e. The highest BCUT2D eigenvalue weighted by molar-refractivity contribution is 7.18. The van der Waals surface area contributed by atoms with Crippen LogP contribution in [0.5, 0.6) is 0 Å². The number of ketones is 1. The van der Waals surface area contributed by atoms with E-state index in [1.54, 1.807) is 6.07 Å². The normalized spacial score (nSPS) is 14.8. The molecule has 22 heavy (non-hydrogen) atoms. The second-order valence-corrected chi connectivity index (χ2v) is 5.93. The molecule has 0 spiro atoms. The summed E-state index contributed by atoms with van der Waals surface area (Å²) in [5.41, 5.74) is 0.442. The summed E-state index contributed by atoms with van der Waals surface area (Å²) < 4.78 is 5.32. The number of ether oxygens (including phenoxy) is 1. The lowest BCUT2D eigenvalue weighted by Gasteiger charge is -2.27. The molecule has 0 atom stereocenters. The highest BCUT2D eigenvalue weighted by Gasteiger charge is 2.17. The molecule has 2 aromatic rings. The van der Waals surface area contributed by atoms with Gasteiger partial charge in [-0.1, -0.05) is 0 Å². The van der Waals surface area contributed by atoms with Crippen molar-refractivity contribution in [3.05, 3.63) is 57.0 Å². The third kappa shape index (κ3) is 3.00. The van der Waals surface area contributed by atoms with Crippen LogP contribution >= 0.6 is 11.3 Å². The van der Waals surface area contributed by atoms with Crippen LogP contribution in [0.2, 0.25) is 0 Å². The largest absolute Gasteiger partial charge is 0.378 e. The van der Waals surface area contributed by atoms with Crippen molar-refractivity contribution in [2.24, 2.45) is 0 Å². The summed E-state index contributed by atoms with van der Waals surface area (Å²) in [5.74, 6) is -0.112. The molecular weight excluding hydrogens is 304 g/mol. The van der Waals surface area contributed by atoms with Crippen LogP contribution in [-0.2, 0) is 4.74 Å². The fourth-order valence-electron chi connectivity index (χ4n) is 2.28. The Morgan fingerprint density at radius 1 is 1.14 bits per heavy atom. The van der Waals surface area contributed by atoms with E-state index in [1.165, 1.54) is 35.6 Å². The number of nitro groups is 1. The standard InChI is InChI=1S/C15H14N2O4S/c18-15(11-1-3-12(4-2-11)17(19)20)13-5-6-14(22-13)16-7-9-21-10-8-16/h1-6H,7-10H2. The van der Waals surface area contributed by atoms with Gasteiger partial charge < -0.3 is 9.64 Å². The van der Waals surface area contributed by atoms with Crippen molar-refractivity contribution in [3.63, 3.8) is 0 Å². The summed E-state index contributed by atoms with van der Waals surface area (Å²) >= 11 is 1.44. The molecule has 0 N–H and O–H groups in total. The number of hydrogen-bond acceptors (Lipinski definition) is 6. The minimum absolute atomic E-state index is 0.0169. The van der Waals surface area contributed by atoms with Crippen molar-refractivity contribution in [1.29, 1.82) is 0 Å². The first kappa shape index (κ1) is 14.7. The number of benzene rings is 1. The van der Waals surface area contributed by atoms with Gasteiger partial charge in [0.2, 0.25) is 5.78 Å². The average molecular weight is 318 g/mol. The Kier molecular flexibility index (Phi) is 4.17. The second kappa shape index (κ2) is 6.25. The van der Waals surface area contributed by atoms with E-state index in [9.17, 15) is 14.9 Å². The number of non-ortho nitro benzene ring substituents is 1. The first-order valence-corrected chi connectivity index (χ1v) is 7.68. The molecule has 1 fully saturated rings. The monoisotopic (exact) mass is 318 g/mol. The van der Waals surface area contributed by atoms with Crippen LogP contribution in [0.3, 0.4) is 0 Å². The van der Waals surface area contributed by atoms with E-state index in [2.05, 4.69) is 4.90 Å². The van der Waals surface area contributed by atoms with E-state index in [0.29, 0.717) is 23.7 Å². The molecule has 1 saturated heterocycles. The molecule has 0 radical (unpaired) electrons. The maximum Gasteiger partial charge on any atom is 0.269 e. The summed E-state index contributed by atoms with van der Waals surface area (Å²) in [5, 5.41) is 11.7. The molecule has 0 amide bonds. The lowest BCUT2D eigenvalue weighted by atomic mass is 10.1. The Balaban J connectivity index is 1.77. The molecular formula is C15H14N2O4S. The van der Waals surface area contributed by atoms with Crippen LogP contribution in [0, 0.1) is 10.1 Å². The van der Waals surface area contributed by atoms with Crippen molar-refractivity contribution in [1.82, 2.24) is 0 Å². The minimum atomic E-state index is -0.476. The Hall–Kier alpha value is -2.25. The van der Waals surface area contributed by atoms with Gasteiger partial charge in [-0.3, -0.25) is 14.9 Å². The Labute approximate surface area is 131 Å². The van der Waals surface area contributed by atoms with Crippen molar-refractivity contribution < 1.29 is 14.5 Å². The molecule has 1 aliphatic heterocycles. The number of nitrogens with zero attached hydrogens (tertiary/aromatic N) is 2. The molecule has 1 aromatic heterocycles. The SMILES string of the molecule is O=C(c1ccc([N+](=O)[O-])cc1)c1ccc(N2CCOCC2)s1. The zero-order valence-corrected chi connectivity index (χ0v) is 12.5. The molecule has 3 rings (SSSR count). The van der Waals surface area contributed by atoms with Gasteiger partial charge in [0.1, 0.15) is 0 Å². The maximum atomic E-state index is 12.4. The van der Waals surface area contributed by atoms with Crippen molar-refractivity contribution in [2.75, 3.05) is 31.2 Å². The molecule has 1 aromatic carbocycles. The van der Waals surface area contributed by atoms with Crippen molar-refractivity contribution in [3.8, 4) is 0 Å². The van der Waals surface area contributed by atoms with Gasteiger partial charge in [0.05, 0.1) is 28.0 Å². The van der Waals surface area contributed by atoms with Gasteiger partial charge in [-0.25, -0.2) is 0 Å². The van der Waals surface area contributed by atoms with E-state index in [4.69, 9.17) is 4.74 Å². The summed E-state index contributed by atoms with van der Waals surface area (Å²) in [4.78, 5) is 25.4. The van der Waals surface area contributed by atoms with Crippen LogP contribution < -0.4 is 4.90 Å². The molecule has 6 nitrogen and oxygen atoms in total. The lowest BCUT2D eigenvalue weighted by Crippen LogP contribution is -2.35. The number of anilines is 1. The van der Waals surface area contributed by atoms with Crippen molar-refractivity contribution >= 4 is 27.8 Å². The fourth-order valence-corrected chi connectivity index (χ4v) is 3.30. The first-order chi connectivity index (χ1) is 10.6. The molecule has 114 valence electrons. The minimum Gasteiger partial charge on any atom is -0.378 e. The summed E-state index contributed by atoms with van der Waals surface area (Å²) in [6.07, 6.45) is 0. The third-order valence-electron chi connectivity index (χ3n) is 3.48. The van der Waals surface area contributed by atoms with Gasteiger partial charge in [-0.2, -0.15) is 0 Å². The van der Waals surface area contributed by atoms with Gasteiger partial charge in [0, 0.05) is 30.8 Å². The Morgan fingerprint density at radius 3 is 2.45 bits per heavy atom. The summed E-state index contributed by atoms with van der Waals surface area (Å²) in [7, 11) is 0. The molecule has 0 saturated carbocycles. The van der Waals surface area contributed by atoms with E-state index in [-0.39, 0.29) is 11.5 Å². The molecule has 0 bridgehead atoms. The second-order valence-electron chi connectivity index (χ2n) is 4.87. The maximum absolute atomic E-state index is 12.4. The van der Waals surface area contributed by atoms with E-state index < -0.39 is 4.92 Å². The van der Waals surface area contributed by atoms with Crippen LogP contribution in [0.4, 0.5) is 10.7 Å². The molecule has 0 unspecified atom stereocenters. The number of rotatable bonds is 4. The highest BCUT2D eigenvalue weighted by atomic mass is 32.1. The Morgan fingerprint density at radius 2 is 1.82 bits per heavy atom. The molecule has 1 aliphatic rings. The summed E-state index contributed by atoms with van der Waals surface area (Å²) in [6, 6.07) is 9.43. The number of nitro benzene ring substituents is 1. The number of carbonyl (C=O) groups excluding carboxylic acids is 1. The Bertz CT molecular complexity index is 690. The van der Waals surface area contributed by atoms with Crippen LogP contribution in [0.25, 0.3) is 0 Å². The predicted molar refractivity (Wildman–Crippen MR) is 83.9 cm³/mol. The van der Waals surface area contributed by atoms with E-state index >= 15 is 0 Å². The fraction of sp³-hybridized carbons (Fsp3) is 0.267. The molecule has 7 heteroatoms. The quantitative estimate of drug-likeness (QED) is 0.492. The summed E-state index contributed by atoms with van der Waals surface area (Å²) in [6.45, 7) is 3.05. The highest BCUT2D eigenvalue weighted by Crippen LogP contribution is 2.28. The van der Waals surface area contributed by atoms with Gasteiger partial charge in [-0.15, -0.1) is 11.3 Å². The lowest BCUT2D eigenvalue weighted by molar-refractivity contribution is -0.384. The van der Waals surface area contributed by atoms with Gasteiger partial charge in [0.15, 0.2) is 0 Å². The molecule has 0 aliphatic carbocycles. The van der Waals surface area contributed by atoms with Gasteiger partial charge in [-0.05, 0) is 24.3 Å². The first-order valence-electron chi connectivity index (χ1n) is 6.87. The zero-order valence-electron chi connectivity index (χ0n) is 11.7. The zero-order chi connectivity index (χ0) is 15.5. The topological polar surface area (TPSA) is 72.7 Å². The number of hydrogen-bond donors (Lipinski definition) is 0. The van der Waals surface area contributed by atoms with E-state index in [1.807, 2.05) is 6.07 Å². The number of carbonyl (C=O) groups is 1. The van der Waals surface area contributed by atoms with Crippen LogP contribution in [0.1, 0.15) is 15.2 Å².